The molecular weight excluding hydrogens is 314 g/mol. The first-order valence-electron chi connectivity index (χ1n) is 8.80. The molecule has 136 valence electrons. The molecular formula is C21H29NO3. The fraction of sp³-hybridized carbons (Fsp3) is 0.524. The van der Waals surface area contributed by atoms with Crippen molar-refractivity contribution in [2.75, 3.05) is 13.1 Å². The van der Waals surface area contributed by atoms with E-state index in [1.165, 1.54) is 5.56 Å². The molecule has 0 amide bonds. The summed E-state index contributed by atoms with van der Waals surface area (Å²) in [5, 5.41) is 8.93. The van der Waals surface area contributed by atoms with Crippen molar-refractivity contribution in [1.29, 1.82) is 0 Å². The van der Waals surface area contributed by atoms with Crippen molar-refractivity contribution in [2.45, 2.75) is 52.9 Å². The Bertz CT molecular complexity index is 678. The van der Waals surface area contributed by atoms with Gasteiger partial charge in [0.15, 0.2) is 5.78 Å². The molecule has 0 saturated carbocycles. The van der Waals surface area contributed by atoms with Crippen LogP contribution in [0, 0.1) is 5.41 Å². The normalized spacial score (nSPS) is 18.6. The number of carboxylic acids is 1. The van der Waals surface area contributed by atoms with Crippen molar-refractivity contribution in [3.63, 3.8) is 0 Å². The molecule has 1 aromatic carbocycles. The minimum Gasteiger partial charge on any atom is -0.481 e. The highest BCUT2D eigenvalue weighted by Crippen LogP contribution is 2.36. The summed E-state index contributed by atoms with van der Waals surface area (Å²) in [4.78, 5) is 25.5. The molecule has 0 unspecified atom stereocenters. The van der Waals surface area contributed by atoms with Gasteiger partial charge in [-0.2, -0.15) is 0 Å². The van der Waals surface area contributed by atoms with Crippen LogP contribution in [0.5, 0.6) is 0 Å². The van der Waals surface area contributed by atoms with Crippen LogP contribution in [0.25, 0.3) is 0 Å². The summed E-state index contributed by atoms with van der Waals surface area (Å²) in [6, 6.07) is 7.77. The molecule has 0 atom stereocenters. The zero-order chi connectivity index (χ0) is 18.8. The SMILES string of the molecule is CC1(C)C/C(=C/C(=O)c2ccc(C(C)(C)C)cc2)N(CCC(=O)O)C1. The molecule has 0 aromatic heterocycles. The Balaban J connectivity index is 2.18. The van der Waals surface area contributed by atoms with Crippen molar-refractivity contribution in [2.24, 2.45) is 5.41 Å². The first-order valence-corrected chi connectivity index (χ1v) is 8.80. The molecule has 4 heteroatoms. The molecule has 2 rings (SSSR count). The van der Waals surface area contributed by atoms with E-state index in [-0.39, 0.29) is 23.0 Å². The number of ketones is 1. The second kappa shape index (κ2) is 7.03. The minimum absolute atomic E-state index is 0.0199. The van der Waals surface area contributed by atoms with E-state index in [4.69, 9.17) is 5.11 Å². The third kappa shape index (κ3) is 5.18. The lowest BCUT2D eigenvalue weighted by atomic mass is 9.86. The number of carbonyl (C=O) groups excluding carboxylic acids is 1. The highest BCUT2D eigenvalue weighted by molar-refractivity contribution is 6.04. The number of benzene rings is 1. The number of allylic oxidation sites excluding steroid dienone is 2. The molecule has 0 spiro atoms. The van der Waals surface area contributed by atoms with Gasteiger partial charge < -0.3 is 10.0 Å². The van der Waals surface area contributed by atoms with Crippen molar-refractivity contribution in [1.82, 2.24) is 4.90 Å². The molecule has 1 heterocycles. The van der Waals surface area contributed by atoms with Crippen molar-refractivity contribution < 1.29 is 14.7 Å². The van der Waals surface area contributed by atoms with E-state index in [1.807, 2.05) is 29.2 Å². The van der Waals surface area contributed by atoms with Crippen molar-refractivity contribution >= 4 is 11.8 Å². The van der Waals surface area contributed by atoms with Crippen LogP contribution in [0.4, 0.5) is 0 Å². The van der Waals surface area contributed by atoms with Gasteiger partial charge in [-0.3, -0.25) is 9.59 Å². The maximum atomic E-state index is 12.6. The van der Waals surface area contributed by atoms with E-state index in [2.05, 4.69) is 34.6 Å². The lowest BCUT2D eigenvalue weighted by Crippen LogP contribution is -2.25. The Morgan fingerprint density at radius 3 is 2.32 bits per heavy atom. The van der Waals surface area contributed by atoms with Crippen LogP contribution in [0.15, 0.2) is 36.0 Å². The zero-order valence-corrected chi connectivity index (χ0v) is 15.9. The number of aliphatic carboxylic acids is 1. The van der Waals surface area contributed by atoms with Gasteiger partial charge in [0.1, 0.15) is 0 Å². The van der Waals surface area contributed by atoms with Gasteiger partial charge >= 0.3 is 5.97 Å². The van der Waals surface area contributed by atoms with Gasteiger partial charge in [-0.1, -0.05) is 58.9 Å². The summed E-state index contributed by atoms with van der Waals surface area (Å²) >= 11 is 0. The second-order valence-corrected chi connectivity index (χ2v) is 8.73. The van der Waals surface area contributed by atoms with E-state index < -0.39 is 5.97 Å². The molecule has 1 saturated heterocycles. The molecule has 0 aliphatic carbocycles. The second-order valence-electron chi connectivity index (χ2n) is 8.73. The van der Waals surface area contributed by atoms with Gasteiger partial charge in [-0.05, 0) is 22.8 Å². The number of carbonyl (C=O) groups is 2. The number of nitrogens with zero attached hydrogens (tertiary/aromatic N) is 1. The average Bonchev–Trinajstić information content (AvgIpc) is 2.78. The van der Waals surface area contributed by atoms with Gasteiger partial charge in [0.25, 0.3) is 0 Å². The van der Waals surface area contributed by atoms with E-state index in [1.54, 1.807) is 6.08 Å². The number of hydrogen-bond acceptors (Lipinski definition) is 3. The van der Waals surface area contributed by atoms with Crippen LogP contribution in [-0.2, 0) is 10.2 Å². The minimum atomic E-state index is -0.812. The highest BCUT2D eigenvalue weighted by atomic mass is 16.4. The quantitative estimate of drug-likeness (QED) is 0.641. The smallest absolute Gasteiger partial charge is 0.305 e. The first-order chi connectivity index (χ1) is 11.5. The van der Waals surface area contributed by atoms with Crippen LogP contribution < -0.4 is 0 Å². The van der Waals surface area contributed by atoms with Crippen LogP contribution in [0.1, 0.15) is 63.4 Å². The molecule has 4 nitrogen and oxygen atoms in total. The molecule has 1 aliphatic rings. The number of hydrogen-bond donors (Lipinski definition) is 1. The van der Waals surface area contributed by atoms with E-state index in [9.17, 15) is 9.59 Å². The third-order valence-corrected chi connectivity index (χ3v) is 4.61. The number of likely N-dealkylation sites (tertiary alicyclic amines) is 1. The maximum absolute atomic E-state index is 12.6. The van der Waals surface area contributed by atoms with Gasteiger partial charge in [-0.15, -0.1) is 0 Å². The summed E-state index contributed by atoms with van der Waals surface area (Å²) in [7, 11) is 0. The molecule has 1 aromatic rings. The third-order valence-electron chi connectivity index (χ3n) is 4.61. The Morgan fingerprint density at radius 2 is 1.80 bits per heavy atom. The standard InChI is InChI=1S/C21H29NO3/c1-20(2,3)16-8-6-15(7-9-16)18(23)12-17-13-21(4,5)14-22(17)11-10-19(24)25/h6-9,12H,10-11,13-14H2,1-5H3,(H,24,25)/b17-12-. The predicted molar refractivity (Wildman–Crippen MR) is 99.8 cm³/mol. The van der Waals surface area contributed by atoms with Gasteiger partial charge in [0.2, 0.25) is 0 Å². The molecule has 0 radical (unpaired) electrons. The van der Waals surface area contributed by atoms with Crippen molar-refractivity contribution in [3.8, 4) is 0 Å². The molecule has 25 heavy (non-hydrogen) atoms. The Kier molecular flexibility index (Phi) is 5.40. The van der Waals surface area contributed by atoms with Crippen LogP contribution in [0.3, 0.4) is 0 Å². The van der Waals surface area contributed by atoms with Crippen molar-refractivity contribution in [3.05, 3.63) is 47.2 Å². The topological polar surface area (TPSA) is 57.6 Å². The Labute approximate surface area is 150 Å². The fourth-order valence-corrected chi connectivity index (χ4v) is 3.24. The fourth-order valence-electron chi connectivity index (χ4n) is 3.24. The number of rotatable bonds is 5. The monoisotopic (exact) mass is 343 g/mol. The van der Waals surface area contributed by atoms with E-state index >= 15 is 0 Å². The summed E-state index contributed by atoms with van der Waals surface area (Å²) in [5.41, 5.74) is 2.92. The molecule has 1 N–H and O–H groups in total. The highest BCUT2D eigenvalue weighted by Gasteiger charge is 2.33. The number of carboxylic acid groups (broad SMARTS) is 1. The van der Waals surface area contributed by atoms with Crippen LogP contribution >= 0.6 is 0 Å². The van der Waals surface area contributed by atoms with E-state index in [0.717, 1.165) is 18.7 Å². The van der Waals surface area contributed by atoms with Gasteiger partial charge in [0.05, 0.1) is 6.42 Å². The van der Waals surface area contributed by atoms with Crippen LogP contribution in [0.2, 0.25) is 0 Å². The maximum Gasteiger partial charge on any atom is 0.305 e. The molecule has 1 fully saturated rings. The lowest BCUT2D eigenvalue weighted by Gasteiger charge is -2.21. The Morgan fingerprint density at radius 1 is 1.20 bits per heavy atom. The largest absolute Gasteiger partial charge is 0.481 e. The average molecular weight is 343 g/mol. The predicted octanol–water partition coefficient (Wildman–Crippen LogP) is 4.26. The Hall–Kier alpha value is -2.10. The van der Waals surface area contributed by atoms with Gasteiger partial charge in [0, 0.05) is 30.4 Å². The summed E-state index contributed by atoms with van der Waals surface area (Å²) in [6.07, 6.45) is 2.56. The first kappa shape index (κ1) is 19.2. The van der Waals surface area contributed by atoms with Gasteiger partial charge in [-0.25, -0.2) is 0 Å². The zero-order valence-electron chi connectivity index (χ0n) is 15.9. The summed E-state index contributed by atoms with van der Waals surface area (Å²) < 4.78 is 0. The lowest BCUT2D eigenvalue weighted by molar-refractivity contribution is -0.137. The molecule has 1 aliphatic heterocycles. The van der Waals surface area contributed by atoms with E-state index in [0.29, 0.717) is 12.1 Å². The van der Waals surface area contributed by atoms with Crippen LogP contribution in [-0.4, -0.2) is 34.8 Å². The summed E-state index contributed by atoms with van der Waals surface area (Å²) in [5.74, 6) is -0.832. The molecule has 0 bridgehead atoms. The summed E-state index contributed by atoms with van der Waals surface area (Å²) in [6.45, 7) is 11.9.